The number of carbonyl (C=O) groups is 1. The molecule has 1 N–H and O–H groups in total. The van der Waals surface area contributed by atoms with Gasteiger partial charge in [0.2, 0.25) is 0 Å². The molecule has 0 spiro atoms. The molecular formula is C17H20ClN3O2. The number of nitrogens with one attached hydrogen (secondary N) is 1. The van der Waals surface area contributed by atoms with Crippen LogP contribution in [0.3, 0.4) is 0 Å². The molecule has 0 unspecified atom stereocenters. The van der Waals surface area contributed by atoms with E-state index in [2.05, 4.69) is 29.0 Å². The van der Waals surface area contributed by atoms with Crippen molar-refractivity contribution < 1.29 is 9.53 Å². The average molecular weight is 334 g/mol. The average Bonchev–Trinajstić information content (AvgIpc) is 2.57. The summed E-state index contributed by atoms with van der Waals surface area (Å²) in [4.78, 5) is 18.4. The quantitative estimate of drug-likeness (QED) is 0.841. The van der Waals surface area contributed by atoms with Crippen LogP contribution in [0, 0.1) is 0 Å². The van der Waals surface area contributed by atoms with Gasteiger partial charge in [0, 0.05) is 13.1 Å². The number of ether oxygens (including phenoxy) is 1. The van der Waals surface area contributed by atoms with E-state index in [1.807, 2.05) is 12.1 Å². The van der Waals surface area contributed by atoms with Crippen molar-refractivity contribution in [2.45, 2.75) is 13.8 Å². The fraction of sp³-hybridized carbons (Fsp3) is 0.294. The fourth-order valence-corrected chi connectivity index (χ4v) is 2.29. The smallest absolute Gasteiger partial charge is 0.262 e. The molecule has 0 fully saturated rings. The first-order valence-corrected chi connectivity index (χ1v) is 7.90. The predicted molar refractivity (Wildman–Crippen MR) is 93.4 cm³/mol. The van der Waals surface area contributed by atoms with Crippen LogP contribution in [0.5, 0.6) is 5.75 Å². The fourth-order valence-electron chi connectivity index (χ4n) is 2.10. The Labute approximate surface area is 141 Å². The Morgan fingerprint density at radius 1 is 1.22 bits per heavy atom. The third kappa shape index (κ3) is 4.86. The Morgan fingerprint density at radius 2 is 1.96 bits per heavy atom. The van der Waals surface area contributed by atoms with Crippen LogP contribution in [-0.4, -0.2) is 30.6 Å². The Bertz CT molecular complexity index is 643. The number of para-hydroxylation sites is 1. The second kappa shape index (κ2) is 8.39. The lowest BCUT2D eigenvalue weighted by molar-refractivity contribution is -0.118. The molecule has 0 aliphatic heterocycles. The van der Waals surface area contributed by atoms with Crippen LogP contribution in [-0.2, 0) is 4.79 Å². The summed E-state index contributed by atoms with van der Waals surface area (Å²) in [5, 5.41) is 3.22. The van der Waals surface area contributed by atoms with Crippen LogP contribution in [0.4, 0.5) is 11.5 Å². The predicted octanol–water partition coefficient (Wildman–Crippen LogP) is 3.60. The van der Waals surface area contributed by atoms with Crippen molar-refractivity contribution in [1.29, 1.82) is 0 Å². The minimum Gasteiger partial charge on any atom is -0.482 e. The standard InChI is InChI=1S/C17H20ClN3O2/c1-3-21(4-2)16-10-9-13(11-19-16)20-17(22)12-23-15-8-6-5-7-14(15)18/h5-11H,3-4,12H2,1-2H3,(H,20,22). The van der Waals surface area contributed by atoms with Crippen LogP contribution in [0.2, 0.25) is 5.02 Å². The number of hydrogen-bond acceptors (Lipinski definition) is 4. The minimum absolute atomic E-state index is 0.110. The lowest BCUT2D eigenvalue weighted by Gasteiger charge is -2.19. The molecule has 0 atom stereocenters. The summed E-state index contributed by atoms with van der Waals surface area (Å²) in [5.74, 6) is 1.11. The van der Waals surface area contributed by atoms with Crippen molar-refractivity contribution in [2.75, 3.05) is 29.9 Å². The molecule has 0 radical (unpaired) electrons. The SMILES string of the molecule is CCN(CC)c1ccc(NC(=O)COc2ccccc2Cl)cn1. The first-order valence-electron chi connectivity index (χ1n) is 7.52. The topological polar surface area (TPSA) is 54.5 Å². The molecule has 122 valence electrons. The first-order chi connectivity index (χ1) is 11.1. The van der Waals surface area contributed by atoms with Crippen LogP contribution >= 0.6 is 11.6 Å². The van der Waals surface area contributed by atoms with Gasteiger partial charge in [0.15, 0.2) is 6.61 Å². The van der Waals surface area contributed by atoms with Gasteiger partial charge in [-0.05, 0) is 38.1 Å². The summed E-state index contributed by atoms with van der Waals surface area (Å²) < 4.78 is 5.39. The summed E-state index contributed by atoms with van der Waals surface area (Å²) in [5.41, 5.74) is 0.633. The lowest BCUT2D eigenvalue weighted by Crippen LogP contribution is -2.23. The number of carbonyl (C=O) groups excluding carboxylic acids is 1. The Morgan fingerprint density at radius 3 is 2.57 bits per heavy atom. The highest BCUT2D eigenvalue weighted by atomic mass is 35.5. The van der Waals surface area contributed by atoms with Crippen LogP contribution < -0.4 is 15.0 Å². The molecule has 0 aliphatic carbocycles. The van der Waals surface area contributed by atoms with Crippen LogP contribution in [0.1, 0.15) is 13.8 Å². The lowest BCUT2D eigenvalue weighted by atomic mass is 10.3. The monoisotopic (exact) mass is 333 g/mol. The van der Waals surface area contributed by atoms with E-state index >= 15 is 0 Å². The molecule has 0 aliphatic rings. The number of aromatic nitrogens is 1. The molecule has 1 aromatic carbocycles. The molecule has 2 aromatic rings. The van der Waals surface area contributed by atoms with Gasteiger partial charge in [0.1, 0.15) is 11.6 Å². The summed E-state index contributed by atoms with van der Waals surface area (Å²) in [7, 11) is 0. The number of hydrogen-bond donors (Lipinski definition) is 1. The van der Waals surface area contributed by atoms with Gasteiger partial charge in [0.25, 0.3) is 5.91 Å². The molecule has 1 aromatic heterocycles. The normalized spacial score (nSPS) is 10.2. The molecule has 0 bridgehead atoms. The zero-order chi connectivity index (χ0) is 16.7. The number of pyridine rings is 1. The zero-order valence-corrected chi connectivity index (χ0v) is 14.0. The maximum atomic E-state index is 11.9. The van der Waals surface area contributed by atoms with Gasteiger partial charge in [-0.1, -0.05) is 23.7 Å². The molecular weight excluding hydrogens is 314 g/mol. The third-order valence-corrected chi connectivity index (χ3v) is 3.63. The van der Waals surface area contributed by atoms with E-state index in [-0.39, 0.29) is 12.5 Å². The Balaban J connectivity index is 1.89. The third-order valence-electron chi connectivity index (χ3n) is 3.31. The van der Waals surface area contributed by atoms with Crippen molar-refractivity contribution >= 4 is 29.0 Å². The maximum absolute atomic E-state index is 11.9. The summed E-state index contributed by atoms with van der Waals surface area (Å²) in [6, 6.07) is 10.7. The van der Waals surface area contributed by atoms with Crippen molar-refractivity contribution in [1.82, 2.24) is 4.98 Å². The zero-order valence-electron chi connectivity index (χ0n) is 13.3. The van der Waals surface area contributed by atoms with E-state index in [0.29, 0.717) is 16.5 Å². The number of halogens is 1. The van der Waals surface area contributed by atoms with Gasteiger partial charge in [-0.25, -0.2) is 4.98 Å². The summed E-state index contributed by atoms with van der Waals surface area (Å²) >= 11 is 5.97. The highest BCUT2D eigenvalue weighted by Gasteiger charge is 2.07. The Kier molecular flexibility index (Phi) is 6.23. The number of benzene rings is 1. The second-order valence-electron chi connectivity index (χ2n) is 4.84. The van der Waals surface area contributed by atoms with Gasteiger partial charge in [-0.2, -0.15) is 0 Å². The van der Waals surface area contributed by atoms with E-state index in [1.54, 1.807) is 30.5 Å². The van der Waals surface area contributed by atoms with E-state index in [4.69, 9.17) is 16.3 Å². The van der Waals surface area contributed by atoms with E-state index in [9.17, 15) is 4.79 Å². The molecule has 1 heterocycles. The molecule has 23 heavy (non-hydrogen) atoms. The van der Waals surface area contributed by atoms with Crippen LogP contribution in [0.25, 0.3) is 0 Å². The summed E-state index contributed by atoms with van der Waals surface area (Å²) in [6.45, 7) is 5.82. The highest BCUT2D eigenvalue weighted by molar-refractivity contribution is 6.32. The van der Waals surface area contributed by atoms with E-state index in [1.165, 1.54) is 0 Å². The number of nitrogens with zero attached hydrogens (tertiary/aromatic N) is 2. The minimum atomic E-state index is -0.262. The van der Waals surface area contributed by atoms with Gasteiger partial charge in [-0.3, -0.25) is 4.79 Å². The molecule has 5 nitrogen and oxygen atoms in total. The summed E-state index contributed by atoms with van der Waals surface area (Å²) in [6.07, 6.45) is 1.64. The molecule has 2 rings (SSSR count). The van der Waals surface area contributed by atoms with Crippen molar-refractivity contribution in [2.24, 2.45) is 0 Å². The van der Waals surface area contributed by atoms with Crippen molar-refractivity contribution in [3.63, 3.8) is 0 Å². The van der Waals surface area contributed by atoms with Gasteiger partial charge >= 0.3 is 0 Å². The molecule has 6 heteroatoms. The largest absolute Gasteiger partial charge is 0.482 e. The second-order valence-corrected chi connectivity index (χ2v) is 5.25. The van der Waals surface area contributed by atoms with Gasteiger partial charge < -0.3 is 15.0 Å². The van der Waals surface area contributed by atoms with Crippen LogP contribution in [0.15, 0.2) is 42.6 Å². The number of rotatable bonds is 7. The van der Waals surface area contributed by atoms with Gasteiger partial charge in [0.05, 0.1) is 16.9 Å². The number of anilines is 2. The number of amides is 1. The molecule has 0 saturated heterocycles. The maximum Gasteiger partial charge on any atom is 0.262 e. The molecule has 0 saturated carbocycles. The highest BCUT2D eigenvalue weighted by Crippen LogP contribution is 2.23. The Hall–Kier alpha value is -2.27. The van der Waals surface area contributed by atoms with E-state index in [0.717, 1.165) is 18.9 Å². The van der Waals surface area contributed by atoms with Crippen molar-refractivity contribution in [3.8, 4) is 5.75 Å². The molecule has 1 amide bonds. The van der Waals surface area contributed by atoms with Gasteiger partial charge in [-0.15, -0.1) is 0 Å². The van der Waals surface area contributed by atoms with E-state index < -0.39 is 0 Å². The first kappa shape index (κ1) is 17.1. The van der Waals surface area contributed by atoms with Crippen molar-refractivity contribution in [3.05, 3.63) is 47.6 Å².